The van der Waals surface area contributed by atoms with Gasteiger partial charge in [-0.25, -0.2) is 4.68 Å². The molecule has 2 rings (SSSR count). The van der Waals surface area contributed by atoms with Crippen molar-refractivity contribution in [3.63, 3.8) is 0 Å². The highest BCUT2D eigenvalue weighted by atomic mass is 35.5. The van der Waals surface area contributed by atoms with E-state index in [1.54, 1.807) is 12.1 Å². The molecule has 1 aromatic carbocycles. The largest absolute Gasteiger partial charge is 0.351 e. The number of nitro groups is 1. The Kier molecular flexibility index (Phi) is 7.10. The number of non-ortho nitro benzene ring substituents is 1. The van der Waals surface area contributed by atoms with E-state index in [9.17, 15) is 14.9 Å². The van der Waals surface area contributed by atoms with Crippen LogP contribution in [0.25, 0.3) is 5.69 Å². The molecular formula is C13H17ClN6O3. The number of halogens is 1. The Balaban J connectivity index is 0.00000264. The number of aromatic nitrogens is 3. The van der Waals surface area contributed by atoms with Crippen LogP contribution in [0, 0.1) is 10.1 Å². The zero-order valence-electron chi connectivity index (χ0n) is 12.2. The molecule has 0 aliphatic carbocycles. The summed E-state index contributed by atoms with van der Waals surface area (Å²) < 4.78 is 1.32. The van der Waals surface area contributed by atoms with E-state index in [1.807, 2.05) is 0 Å². The van der Waals surface area contributed by atoms with Crippen LogP contribution in [0.4, 0.5) is 5.69 Å². The lowest BCUT2D eigenvalue weighted by atomic mass is 10.3. The number of carbonyl (C=O) groups excluding carboxylic acids is 1. The number of hydrogen-bond donors (Lipinski definition) is 2. The zero-order chi connectivity index (χ0) is 15.9. The fourth-order valence-electron chi connectivity index (χ4n) is 1.80. The Hall–Kier alpha value is -2.52. The van der Waals surface area contributed by atoms with Crippen LogP contribution in [0.15, 0.2) is 30.5 Å². The van der Waals surface area contributed by atoms with Gasteiger partial charge < -0.3 is 11.1 Å². The first-order valence-electron chi connectivity index (χ1n) is 6.77. The van der Waals surface area contributed by atoms with Crippen molar-refractivity contribution in [3.8, 4) is 5.69 Å². The molecular weight excluding hydrogens is 324 g/mol. The summed E-state index contributed by atoms with van der Waals surface area (Å²) in [5.74, 6) is -0.339. The topological polar surface area (TPSA) is 129 Å². The van der Waals surface area contributed by atoms with Crippen LogP contribution in [-0.4, -0.2) is 38.9 Å². The van der Waals surface area contributed by atoms with Gasteiger partial charge >= 0.3 is 0 Å². The Morgan fingerprint density at radius 2 is 2.17 bits per heavy atom. The van der Waals surface area contributed by atoms with E-state index in [-0.39, 0.29) is 29.7 Å². The van der Waals surface area contributed by atoms with Gasteiger partial charge in [0.2, 0.25) is 0 Å². The molecule has 0 aliphatic heterocycles. The van der Waals surface area contributed by atoms with E-state index in [0.29, 0.717) is 18.8 Å². The number of amides is 1. The van der Waals surface area contributed by atoms with Gasteiger partial charge in [-0.15, -0.1) is 17.5 Å². The van der Waals surface area contributed by atoms with Gasteiger partial charge in [0.05, 0.1) is 16.8 Å². The van der Waals surface area contributed by atoms with Gasteiger partial charge in [0.25, 0.3) is 11.6 Å². The minimum absolute atomic E-state index is 0. The van der Waals surface area contributed by atoms with E-state index in [1.165, 1.54) is 23.0 Å². The number of unbranched alkanes of at least 4 members (excludes halogenated alkanes) is 1. The molecule has 0 spiro atoms. The molecule has 2 aromatic rings. The van der Waals surface area contributed by atoms with E-state index < -0.39 is 4.92 Å². The van der Waals surface area contributed by atoms with Gasteiger partial charge in [-0.05, 0) is 25.5 Å². The number of nitrogens with zero attached hydrogens (tertiary/aromatic N) is 4. The van der Waals surface area contributed by atoms with Crippen LogP contribution in [-0.2, 0) is 0 Å². The Bertz CT molecular complexity index is 675. The third-order valence-electron chi connectivity index (χ3n) is 2.95. The number of hydrogen-bond acceptors (Lipinski definition) is 6. The molecule has 3 N–H and O–H groups in total. The molecule has 0 atom stereocenters. The summed E-state index contributed by atoms with van der Waals surface area (Å²) in [5.41, 5.74) is 5.93. The molecule has 0 saturated heterocycles. The van der Waals surface area contributed by atoms with Crippen molar-refractivity contribution in [3.05, 3.63) is 46.3 Å². The normalized spacial score (nSPS) is 9.96. The molecule has 0 saturated carbocycles. The molecule has 124 valence electrons. The monoisotopic (exact) mass is 340 g/mol. The van der Waals surface area contributed by atoms with Crippen LogP contribution >= 0.6 is 12.4 Å². The second-order valence-electron chi connectivity index (χ2n) is 4.58. The third-order valence-corrected chi connectivity index (χ3v) is 2.95. The summed E-state index contributed by atoms with van der Waals surface area (Å²) in [7, 11) is 0. The number of benzene rings is 1. The molecule has 0 aliphatic rings. The first-order chi connectivity index (χ1) is 10.6. The van der Waals surface area contributed by atoms with E-state index in [0.717, 1.165) is 12.8 Å². The maximum atomic E-state index is 11.9. The molecule has 0 unspecified atom stereocenters. The SMILES string of the molecule is Cl.NCCCCNC(=O)c1cn(-c2cccc([N+](=O)[O-])c2)nn1. The van der Waals surface area contributed by atoms with Gasteiger partial charge in [-0.2, -0.15) is 0 Å². The van der Waals surface area contributed by atoms with E-state index >= 15 is 0 Å². The highest BCUT2D eigenvalue weighted by molar-refractivity contribution is 5.91. The van der Waals surface area contributed by atoms with Crippen molar-refractivity contribution < 1.29 is 9.72 Å². The minimum atomic E-state index is -0.495. The summed E-state index contributed by atoms with van der Waals surface area (Å²) >= 11 is 0. The van der Waals surface area contributed by atoms with Crippen molar-refractivity contribution in [2.24, 2.45) is 5.73 Å². The van der Waals surface area contributed by atoms with Crippen LogP contribution in [0.5, 0.6) is 0 Å². The maximum absolute atomic E-state index is 11.9. The summed E-state index contributed by atoms with van der Waals surface area (Å²) in [5, 5.41) is 21.1. The molecule has 0 radical (unpaired) electrons. The molecule has 23 heavy (non-hydrogen) atoms. The van der Waals surface area contributed by atoms with Crippen LogP contribution in [0.1, 0.15) is 23.3 Å². The first-order valence-corrected chi connectivity index (χ1v) is 6.77. The van der Waals surface area contributed by atoms with Gasteiger partial charge in [-0.3, -0.25) is 14.9 Å². The standard InChI is InChI=1S/C13H16N6O3.ClH/c14-6-1-2-7-15-13(20)12-9-18(17-16-12)10-4-3-5-11(8-10)19(21)22;/h3-5,8-9H,1-2,6-7,14H2,(H,15,20);1H. The second-order valence-corrected chi connectivity index (χ2v) is 4.58. The number of nitrogens with one attached hydrogen (secondary N) is 1. The highest BCUT2D eigenvalue weighted by Gasteiger charge is 2.12. The van der Waals surface area contributed by atoms with Crippen molar-refractivity contribution in [1.29, 1.82) is 0 Å². The van der Waals surface area contributed by atoms with Crippen LogP contribution in [0.2, 0.25) is 0 Å². The Morgan fingerprint density at radius 3 is 2.87 bits per heavy atom. The highest BCUT2D eigenvalue weighted by Crippen LogP contribution is 2.15. The smallest absolute Gasteiger partial charge is 0.273 e. The Labute approximate surface area is 138 Å². The summed E-state index contributed by atoms with van der Waals surface area (Å²) in [6, 6.07) is 5.93. The molecule has 9 nitrogen and oxygen atoms in total. The lowest BCUT2D eigenvalue weighted by Gasteiger charge is -2.01. The van der Waals surface area contributed by atoms with E-state index in [4.69, 9.17) is 5.73 Å². The van der Waals surface area contributed by atoms with Gasteiger partial charge in [0.1, 0.15) is 0 Å². The summed E-state index contributed by atoms with van der Waals surface area (Å²) in [4.78, 5) is 22.1. The maximum Gasteiger partial charge on any atom is 0.273 e. The molecule has 1 aromatic heterocycles. The quantitative estimate of drug-likeness (QED) is 0.440. The number of nitro benzene ring substituents is 1. The van der Waals surface area contributed by atoms with Crippen LogP contribution in [0.3, 0.4) is 0 Å². The molecule has 0 bridgehead atoms. The van der Waals surface area contributed by atoms with Crippen molar-refractivity contribution >= 4 is 24.0 Å². The number of rotatable bonds is 7. The predicted molar refractivity (Wildman–Crippen MR) is 85.9 cm³/mol. The van der Waals surface area contributed by atoms with Crippen molar-refractivity contribution in [2.45, 2.75) is 12.8 Å². The zero-order valence-corrected chi connectivity index (χ0v) is 13.0. The van der Waals surface area contributed by atoms with Crippen LogP contribution < -0.4 is 11.1 Å². The molecule has 1 amide bonds. The average molecular weight is 341 g/mol. The fourth-order valence-corrected chi connectivity index (χ4v) is 1.80. The summed E-state index contributed by atoms with van der Waals surface area (Å²) in [6.45, 7) is 1.10. The van der Waals surface area contributed by atoms with Crippen molar-refractivity contribution in [2.75, 3.05) is 13.1 Å². The molecule has 10 heteroatoms. The third kappa shape index (κ3) is 5.01. The summed E-state index contributed by atoms with van der Waals surface area (Å²) in [6.07, 6.45) is 3.05. The average Bonchev–Trinajstić information content (AvgIpc) is 3.01. The van der Waals surface area contributed by atoms with Gasteiger partial charge in [0.15, 0.2) is 5.69 Å². The number of nitrogens with two attached hydrogens (primary N) is 1. The molecule has 1 heterocycles. The predicted octanol–water partition coefficient (Wildman–Crippen LogP) is 1.07. The lowest BCUT2D eigenvalue weighted by molar-refractivity contribution is -0.384. The minimum Gasteiger partial charge on any atom is -0.351 e. The van der Waals surface area contributed by atoms with Gasteiger partial charge in [0, 0.05) is 18.7 Å². The van der Waals surface area contributed by atoms with E-state index in [2.05, 4.69) is 15.6 Å². The lowest BCUT2D eigenvalue weighted by Crippen LogP contribution is -2.25. The fraction of sp³-hybridized carbons (Fsp3) is 0.308. The molecule has 0 fully saturated rings. The van der Waals surface area contributed by atoms with Gasteiger partial charge in [-0.1, -0.05) is 11.3 Å². The number of carbonyl (C=O) groups is 1. The second kappa shape index (κ2) is 8.81. The van der Waals surface area contributed by atoms with Crippen molar-refractivity contribution in [1.82, 2.24) is 20.3 Å². The Morgan fingerprint density at radius 1 is 1.39 bits per heavy atom. The first kappa shape index (κ1) is 18.5.